The van der Waals surface area contributed by atoms with Crippen LogP contribution in [0.4, 0.5) is 0 Å². The zero-order valence-electron chi connectivity index (χ0n) is 13.2. The minimum atomic E-state index is 0. The molecule has 2 aliphatic rings. The number of rotatable bonds is 3. The van der Waals surface area contributed by atoms with Crippen LogP contribution in [-0.4, -0.2) is 0 Å². The van der Waals surface area contributed by atoms with Crippen molar-refractivity contribution >= 4 is 5.57 Å². The first-order valence-electron chi connectivity index (χ1n) is 7.51. The Morgan fingerprint density at radius 3 is 2.42 bits per heavy atom. The van der Waals surface area contributed by atoms with Gasteiger partial charge in [-0.1, -0.05) is 54.5 Å². The second-order valence-electron chi connectivity index (χ2n) is 5.63. The number of hydrogen-bond acceptors (Lipinski definition) is 0. The third-order valence-electron chi connectivity index (χ3n) is 4.47. The van der Waals surface area contributed by atoms with Crippen LogP contribution in [0.1, 0.15) is 35.4 Å². The minimum absolute atomic E-state index is 0. The van der Waals surface area contributed by atoms with Crippen molar-refractivity contribution in [1.29, 1.82) is 0 Å². The molecule has 0 saturated carbocycles. The number of benzene rings is 2. The van der Waals surface area contributed by atoms with E-state index in [4.69, 9.17) is 0 Å². The van der Waals surface area contributed by atoms with Gasteiger partial charge in [-0.3, -0.25) is 0 Å². The van der Waals surface area contributed by atoms with Gasteiger partial charge >= 0.3 is 26.2 Å². The average Bonchev–Trinajstić information content (AvgIpc) is 3.15. The topological polar surface area (TPSA) is 0 Å². The van der Waals surface area contributed by atoms with E-state index in [0.717, 1.165) is 12.8 Å². The standard InChI is InChI=1S/C21H17.2ClH.Zr/c1-2-8-19-17-11-5-6-12-18(17)20-14-7-13-16(21(19)20)15-9-3-4-10-15;;;/h2-3,5-7,9,11-14,19H,1,4,8H2;2*1H;/q-1;;;+3/p-2. The summed E-state index contributed by atoms with van der Waals surface area (Å²) < 4.78 is 0. The summed E-state index contributed by atoms with van der Waals surface area (Å²) >= 11 is 0. The summed E-state index contributed by atoms with van der Waals surface area (Å²) in [6.45, 7) is 3.96. The van der Waals surface area contributed by atoms with Crippen LogP contribution in [-0.2, 0) is 26.2 Å². The van der Waals surface area contributed by atoms with E-state index >= 15 is 0 Å². The maximum atomic E-state index is 3.96. The van der Waals surface area contributed by atoms with Gasteiger partial charge in [0.1, 0.15) is 0 Å². The molecule has 0 nitrogen and oxygen atoms in total. The second kappa shape index (κ2) is 9.00. The third kappa shape index (κ3) is 3.40. The van der Waals surface area contributed by atoms with Gasteiger partial charge in [0.25, 0.3) is 0 Å². The summed E-state index contributed by atoms with van der Waals surface area (Å²) in [6, 6.07) is 15.4. The van der Waals surface area contributed by atoms with Crippen molar-refractivity contribution in [2.75, 3.05) is 0 Å². The molecule has 0 bridgehead atoms. The Morgan fingerprint density at radius 1 is 1.00 bits per heavy atom. The van der Waals surface area contributed by atoms with Gasteiger partial charge in [-0.05, 0) is 23.1 Å². The van der Waals surface area contributed by atoms with Crippen molar-refractivity contribution in [2.45, 2.75) is 18.8 Å². The third-order valence-corrected chi connectivity index (χ3v) is 4.47. The van der Waals surface area contributed by atoms with E-state index in [1.165, 1.54) is 33.4 Å². The molecule has 3 heteroatoms. The fraction of sp³-hybridized carbons (Fsp3) is 0.143. The molecular formula is C21H17Cl2Zr. The van der Waals surface area contributed by atoms with Crippen LogP contribution in [0, 0.1) is 6.08 Å². The zero-order valence-corrected chi connectivity index (χ0v) is 17.2. The van der Waals surface area contributed by atoms with Gasteiger partial charge in [-0.15, -0.1) is 24.3 Å². The first-order chi connectivity index (χ1) is 10.4. The van der Waals surface area contributed by atoms with Crippen molar-refractivity contribution in [3.05, 3.63) is 90.0 Å². The van der Waals surface area contributed by atoms with Crippen molar-refractivity contribution < 1.29 is 51.0 Å². The molecule has 24 heavy (non-hydrogen) atoms. The van der Waals surface area contributed by atoms with Gasteiger partial charge in [-0.25, -0.2) is 0 Å². The van der Waals surface area contributed by atoms with Crippen LogP contribution < -0.4 is 24.8 Å². The molecule has 119 valence electrons. The molecule has 2 aromatic rings. The summed E-state index contributed by atoms with van der Waals surface area (Å²) in [5.41, 5.74) is 8.22. The van der Waals surface area contributed by atoms with Crippen LogP contribution in [0.15, 0.2) is 67.3 Å². The maximum Gasteiger partial charge on any atom is 3.00 e. The normalized spacial score (nSPS) is 16.0. The number of halogens is 2. The molecule has 0 heterocycles. The summed E-state index contributed by atoms with van der Waals surface area (Å²) in [7, 11) is 0. The van der Waals surface area contributed by atoms with Crippen molar-refractivity contribution in [3.63, 3.8) is 0 Å². The molecule has 0 N–H and O–H groups in total. The Hall–Kier alpha value is -0.877. The van der Waals surface area contributed by atoms with E-state index in [2.05, 4.69) is 67.3 Å². The molecule has 1 atom stereocenters. The maximum absolute atomic E-state index is 3.96. The Bertz CT molecular complexity index is 790. The SMILES string of the molecule is C=CCC1c2ccccc2-c2cccc(C3=[C-]CC=C3)c21.[Cl-].[Cl-].[Zr+3]. The molecule has 4 rings (SSSR count). The summed E-state index contributed by atoms with van der Waals surface area (Å²) in [5, 5.41) is 0. The van der Waals surface area contributed by atoms with E-state index in [-0.39, 0.29) is 51.0 Å². The van der Waals surface area contributed by atoms with E-state index in [1.807, 2.05) is 6.08 Å². The van der Waals surface area contributed by atoms with Crippen LogP contribution in [0.3, 0.4) is 0 Å². The predicted octanol–water partition coefficient (Wildman–Crippen LogP) is -0.473. The fourth-order valence-corrected chi connectivity index (χ4v) is 3.61. The smallest absolute Gasteiger partial charge is 1.00 e. The number of fused-ring (bicyclic) bond motifs is 3. The quantitative estimate of drug-likeness (QED) is 0.455. The first-order valence-corrected chi connectivity index (χ1v) is 7.51. The molecular weight excluding hydrogens is 414 g/mol. The van der Waals surface area contributed by atoms with Gasteiger partial charge in [-0.2, -0.15) is 17.7 Å². The molecule has 1 radical (unpaired) electrons. The molecule has 2 aromatic carbocycles. The van der Waals surface area contributed by atoms with Gasteiger partial charge in [0.15, 0.2) is 0 Å². The molecule has 2 aliphatic carbocycles. The first kappa shape index (κ1) is 21.2. The molecule has 0 saturated heterocycles. The van der Waals surface area contributed by atoms with E-state index in [0.29, 0.717) is 5.92 Å². The molecule has 0 fully saturated rings. The van der Waals surface area contributed by atoms with E-state index in [1.54, 1.807) is 0 Å². The summed E-state index contributed by atoms with van der Waals surface area (Å²) in [5.74, 6) is 0.424. The Balaban J connectivity index is 0.000000960. The Kier molecular flexibility index (Phi) is 7.93. The van der Waals surface area contributed by atoms with Crippen molar-refractivity contribution in [1.82, 2.24) is 0 Å². The predicted molar refractivity (Wildman–Crippen MR) is 88.9 cm³/mol. The number of allylic oxidation sites excluding steroid dienone is 5. The molecule has 0 aliphatic heterocycles. The van der Waals surface area contributed by atoms with Crippen molar-refractivity contribution in [2.24, 2.45) is 0 Å². The van der Waals surface area contributed by atoms with Crippen LogP contribution in [0.25, 0.3) is 16.7 Å². The van der Waals surface area contributed by atoms with Gasteiger partial charge in [0.05, 0.1) is 0 Å². The minimum Gasteiger partial charge on any atom is -1.00 e. The second-order valence-corrected chi connectivity index (χ2v) is 5.63. The van der Waals surface area contributed by atoms with Gasteiger partial charge < -0.3 is 24.8 Å². The molecule has 1 unspecified atom stereocenters. The zero-order chi connectivity index (χ0) is 14.2. The van der Waals surface area contributed by atoms with Crippen LogP contribution >= 0.6 is 0 Å². The van der Waals surface area contributed by atoms with Crippen molar-refractivity contribution in [3.8, 4) is 11.1 Å². The van der Waals surface area contributed by atoms with E-state index < -0.39 is 0 Å². The van der Waals surface area contributed by atoms with Gasteiger partial charge in [0, 0.05) is 5.92 Å². The molecule has 0 spiro atoms. The molecule has 0 aromatic heterocycles. The number of hydrogen-bond donors (Lipinski definition) is 0. The molecule has 0 amide bonds. The average molecular weight is 431 g/mol. The van der Waals surface area contributed by atoms with Crippen LogP contribution in [0.2, 0.25) is 0 Å². The summed E-state index contributed by atoms with van der Waals surface area (Å²) in [4.78, 5) is 0. The Morgan fingerprint density at radius 2 is 1.71 bits per heavy atom. The fourth-order valence-electron chi connectivity index (χ4n) is 3.61. The largest absolute Gasteiger partial charge is 3.00 e. The van der Waals surface area contributed by atoms with Crippen LogP contribution in [0.5, 0.6) is 0 Å². The Labute approximate surface area is 175 Å². The summed E-state index contributed by atoms with van der Waals surface area (Å²) in [6.07, 6.45) is 11.8. The van der Waals surface area contributed by atoms with Gasteiger partial charge in [0.2, 0.25) is 0 Å². The van der Waals surface area contributed by atoms with E-state index in [9.17, 15) is 0 Å². The monoisotopic (exact) mass is 429 g/mol.